The topological polar surface area (TPSA) is 12.0 Å². The molecule has 1 nitrogen and oxygen atoms in total. The second-order valence-electron chi connectivity index (χ2n) is 4.00. The van der Waals surface area contributed by atoms with Crippen LogP contribution in [0.4, 0.5) is 4.39 Å². The van der Waals surface area contributed by atoms with E-state index < -0.39 is 0 Å². The fourth-order valence-corrected chi connectivity index (χ4v) is 2.58. The summed E-state index contributed by atoms with van der Waals surface area (Å²) >= 11 is 1.74. The van der Waals surface area contributed by atoms with Crippen LogP contribution in [0, 0.1) is 12.7 Å². The number of benzene rings is 1. The minimum absolute atomic E-state index is 0.136. The van der Waals surface area contributed by atoms with E-state index >= 15 is 0 Å². The van der Waals surface area contributed by atoms with Crippen molar-refractivity contribution in [3.63, 3.8) is 0 Å². The molecule has 0 aliphatic heterocycles. The van der Waals surface area contributed by atoms with Crippen molar-refractivity contribution in [2.24, 2.45) is 0 Å². The van der Waals surface area contributed by atoms with E-state index in [0.717, 1.165) is 17.7 Å². The van der Waals surface area contributed by atoms with Crippen LogP contribution in [0.15, 0.2) is 30.3 Å². The first kappa shape index (κ1) is 12.3. The summed E-state index contributed by atoms with van der Waals surface area (Å²) in [4.78, 5) is 2.47. The molecule has 0 aliphatic rings. The summed E-state index contributed by atoms with van der Waals surface area (Å²) in [7, 11) is 0. The molecule has 0 fully saturated rings. The van der Waals surface area contributed by atoms with E-state index in [1.54, 1.807) is 17.4 Å². The molecular formula is C14H16FNS. The van der Waals surface area contributed by atoms with Gasteiger partial charge in [0.15, 0.2) is 0 Å². The molecule has 1 N–H and O–H groups in total. The van der Waals surface area contributed by atoms with E-state index in [-0.39, 0.29) is 5.82 Å². The number of hydrogen-bond acceptors (Lipinski definition) is 2. The Morgan fingerprint density at radius 2 is 2.06 bits per heavy atom. The van der Waals surface area contributed by atoms with Crippen molar-refractivity contribution in [2.75, 3.05) is 6.54 Å². The van der Waals surface area contributed by atoms with Gasteiger partial charge in [0.05, 0.1) is 0 Å². The summed E-state index contributed by atoms with van der Waals surface area (Å²) in [5.74, 6) is -0.136. The molecule has 2 rings (SSSR count). The van der Waals surface area contributed by atoms with Crippen molar-refractivity contribution in [3.05, 3.63) is 46.6 Å². The van der Waals surface area contributed by atoms with Crippen molar-refractivity contribution < 1.29 is 4.39 Å². The molecule has 1 aromatic heterocycles. The molecule has 17 heavy (non-hydrogen) atoms. The van der Waals surface area contributed by atoms with Gasteiger partial charge in [0.2, 0.25) is 0 Å². The molecule has 0 radical (unpaired) electrons. The maximum Gasteiger partial charge on any atom is 0.127 e. The Morgan fingerprint density at radius 3 is 2.71 bits per heavy atom. The third-order valence-electron chi connectivity index (χ3n) is 2.64. The number of nitrogens with one attached hydrogen (secondary N) is 1. The van der Waals surface area contributed by atoms with Gasteiger partial charge < -0.3 is 5.32 Å². The lowest BCUT2D eigenvalue weighted by molar-refractivity contribution is 0.594. The number of hydrogen-bond donors (Lipinski definition) is 1. The van der Waals surface area contributed by atoms with Gasteiger partial charge in [-0.25, -0.2) is 4.39 Å². The highest BCUT2D eigenvalue weighted by molar-refractivity contribution is 7.15. The number of thiophene rings is 1. The Kier molecular flexibility index (Phi) is 3.92. The molecule has 0 unspecified atom stereocenters. The van der Waals surface area contributed by atoms with Crippen LogP contribution in [0.5, 0.6) is 0 Å². The maximum absolute atomic E-state index is 13.6. The molecule has 0 bridgehead atoms. The maximum atomic E-state index is 13.6. The molecule has 0 atom stereocenters. The third-order valence-corrected chi connectivity index (χ3v) is 3.69. The zero-order valence-corrected chi connectivity index (χ0v) is 10.9. The highest BCUT2D eigenvalue weighted by Gasteiger charge is 2.06. The molecule has 1 heterocycles. The lowest BCUT2D eigenvalue weighted by Crippen LogP contribution is -2.12. The molecule has 90 valence electrons. The molecular weight excluding hydrogens is 233 g/mol. The zero-order chi connectivity index (χ0) is 12.3. The molecule has 2 aromatic rings. The van der Waals surface area contributed by atoms with Crippen LogP contribution < -0.4 is 5.32 Å². The van der Waals surface area contributed by atoms with Gasteiger partial charge in [-0.2, -0.15) is 0 Å². The summed E-state index contributed by atoms with van der Waals surface area (Å²) in [6, 6.07) is 9.51. The van der Waals surface area contributed by atoms with E-state index in [4.69, 9.17) is 0 Å². The highest BCUT2D eigenvalue weighted by atomic mass is 32.1. The smallest absolute Gasteiger partial charge is 0.127 e. The van der Waals surface area contributed by atoms with E-state index in [1.165, 1.54) is 9.75 Å². The minimum Gasteiger partial charge on any atom is -0.313 e. The van der Waals surface area contributed by atoms with E-state index in [2.05, 4.69) is 24.4 Å². The van der Waals surface area contributed by atoms with Crippen molar-refractivity contribution in [3.8, 4) is 10.4 Å². The Morgan fingerprint density at radius 1 is 1.24 bits per heavy atom. The van der Waals surface area contributed by atoms with Crippen LogP contribution >= 0.6 is 11.3 Å². The zero-order valence-electron chi connectivity index (χ0n) is 10.1. The number of aryl methyl sites for hydroxylation is 1. The molecule has 3 heteroatoms. The van der Waals surface area contributed by atoms with Crippen LogP contribution in [-0.2, 0) is 6.54 Å². The normalized spacial score (nSPS) is 10.8. The van der Waals surface area contributed by atoms with E-state index in [0.29, 0.717) is 6.54 Å². The summed E-state index contributed by atoms with van der Waals surface area (Å²) in [5.41, 5.74) is 1.83. The van der Waals surface area contributed by atoms with E-state index in [1.807, 2.05) is 19.1 Å². The van der Waals surface area contributed by atoms with Gasteiger partial charge in [-0.1, -0.05) is 13.0 Å². The van der Waals surface area contributed by atoms with Gasteiger partial charge in [-0.05, 0) is 43.3 Å². The Balaban J connectivity index is 2.30. The fourth-order valence-electron chi connectivity index (χ4n) is 1.71. The van der Waals surface area contributed by atoms with Crippen LogP contribution in [-0.4, -0.2) is 6.54 Å². The monoisotopic (exact) mass is 249 g/mol. The van der Waals surface area contributed by atoms with Crippen molar-refractivity contribution in [1.29, 1.82) is 0 Å². The molecule has 0 aliphatic carbocycles. The average molecular weight is 249 g/mol. The molecule has 0 amide bonds. The molecule has 0 spiro atoms. The first-order chi connectivity index (χ1) is 8.20. The second kappa shape index (κ2) is 5.43. The first-order valence-corrected chi connectivity index (χ1v) is 6.58. The summed E-state index contributed by atoms with van der Waals surface area (Å²) < 4.78 is 13.6. The molecule has 1 aromatic carbocycles. The van der Waals surface area contributed by atoms with Crippen molar-refractivity contribution in [2.45, 2.75) is 20.4 Å². The molecule has 0 saturated heterocycles. The standard InChI is InChI=1S/C14H16FNS/c1-3-16-9-12-8-11(5-6-13(12)15)14-7-4-10(2)17-14/h4-8,16H,3,9H2,1-2H3. The lowest BCUT2D eigenvalue weighted by atomic mass is 10.1. The number of halogens is 1. The van der Waals surface area contributed by atoms with Crippen LogP contribution in [0.1, 0.15) is 17.4 Å². The van der Waals surface area contributed by atoms with Crippen LogP contribution in [0.25, 0.3) is 10.4 Å². The van der Waals surface area contributed by atoms with Gasteiger partial charge in [0, 0.05) is 21.9 Å². The quantitative estimate of drug-likeness (QED) is 0.864. The summed E-state index contributed by atoms with van der Waals surface area (Å²) in [5, 5.41) is 3.15. The first-order valence-electron chi connectivity index (χ1n) is 5.76. The van der Waals surface area contributed by atoms with E-state index in [9.17, 15) is 4.39 Å². The average Bonchev–Trinajstić information content (AvgIpc) is 2.75. The Hall–Kier alpha value is -1.19. The van der Waals surface area contributed by atoms with Crippen LogP contribution in [0.3, 0.4) is 0 Å². The fraction of sp³-hybridized carbons (Fsp3) is 0.286. The largest absolute Gasteiger partial charge is 0.313 e. The summed E-state index contributed by atoms with van der Waals surface area (Å²) in [6.45, 7) is 5.53. The predicted octanol–water partition coefficient (Wildman–Crippen LogP) is 3.97. The van der Waals surface area contributed by atoms with Gasteiger partial charge in [0.25, 0.3) is 0 Å². The van der Waals surface area contributed by atoms with Crippen molar-refractivity contribution in [1.82, 2.24) is 5.32 Å². The SMILES string of the molecule is CCNCc1cc(-c2ccc(C)s2)ccc1F. The highest BCUT2D eigenvalue weighted by Crippen LogP contribution is 2.28. The molecule has 0 saturated carbocycles. The lowest BCUT2D eigenvalue weighted by Gasteiger charge is -2.06. The third kappa shape index (κ3) is 2.93. The van der Waals surface area contributed by atoms with Gasteiger partial charge >= 0.3 is 0 Å². The van der Waals surface area contributed by atoms with Gasteiger partial charge in [0.1, 0.15) is 5.82 Å². The van der Waals surface area contributed by atoms with Gasteiger partial charge in [-0.15, -0.1) is 11.3 Å². The second-order valence-corrected chi connectivity index (χ2v) is 5.28. The van der Waals surface area contributed by atoms with Crippen LogP contribution in [0.2, 0.25) is 0 Å². The summed E-state index contributed by atoms with van der Waals surface area (Å²) in [6.07, 6.45) is 0. The minimum atomic E-state index is -0.136. The Labute approximate surface area is 105 Å². The Bertz CT molecular complexity index is 505. The van der Waals surface area contributed by atoms with Gasteiger partial charge in [-0.3, -0.25) is 0 Å². The van der Waals surface area contributed by atoms with Crippen molar-refractivity contribution >= 4 is 11.3 Å². The predicted molar refractivity (Wildman–Crippen MR) is 71.8 cm³/mol. The number of rotatable bonds is 4.